The van der Waals surface area contributed by atoms with E-state index in [1.54, 1.807) is 7.11 Å². The monoisotopic (exact) mass is 519 g/mol. The molecular weight excluding hydrogens is 474 g/mol. The van der Waals surface area contributed by atoms with E-state index in [1.807, 2.05) is 14.1 Å². The van der Waals surface area contributed by atoms with Crippen LogP contribution in [0.25, 0.3) is 11.1 Å². The number of hydrogen-bond donors (Lipinski definition) is 0. The minimum atomic E-state index is 0.476. The van der Waals surface area contributed by atoms with Crippen molar-refractivity contribution in [3.8, 4) is 16.9 Å². The summed E-state index contributed by atoms with van der Waals surface area (Å²) in [7, 11) is 5.73. The summed E-state index contributed by atoms with van der Waals surface area (Å²) < 4.78 is 38.3. The Labute approximate surface area is 222 Å². The molecule has 0 aromatic heterocycles. The Morgan fingerprint density at radius 3 is 1.62 bits per heavy atom. The van der Waals surface area contributed by atoms with Crippen molar-refractivity contribution in [2.24, 2.45) is 0 Å². The van der Waals surface area contributed by atoms with Crippen molar-refractivity contribution in [3.63, 3.8) is 0 Å². The number of anilines is 1. The summed E-state index contributed by atoms with van der Waals surface area (Å²) >= 11 is 0. The second kappa shape index (κ2) is 19.0. The number of methoxy groups -OCH3 is 1. The molecule has 0 N–H and O–H groups in total. The zero-order valence-electron chi connectivity index (χ0n) is 23.3. The number of rotatable bonds is 21. The van der Waals surface area contributed by atoms with E-state index < -0.39 is 0 Å². The van der Waals surface area contributed by atoms with Gasteiger partial charge in [0.15, 0.2) is 0 Å². The van der Waals surface area contributed by atoms with Crippen LogP contribution in [-0.4, -0.2) is 100 Å². The zero-order valence-corrected chi connectivity index (χ0v) is 23.3. The Morgan fingerprint density at radius 2 is 1.11 bits per heavy atom. The van der Waals surface area contributed by atoms with Crippen LogP contribution >= 0.6 is 0 Å². The van der Waals surface area contributed by atoms with Crippen molar-refractivity contribution in [1.29, 1.82) is 0 Å². The van der Waals surface area contributed by atoms with Crippen molar-refractivity contribution in [3.05, 3.63) is 47.5 Å². The standard InChI is InChI=1S/C29H45NO7/c1-24-6-7-25(2)29(20-24)26-21-27(30(3)4)23-28(22-26)37-19-18-36-17-16-35-15-14-34-13-12-33-11-10-32-9-8-31-5/h6-7,20-23H,8-19H2,1-5H3. The molecule has 0 unspecified atom stereocenters. The SMILES string of the molecule is COCCOCCOCCOCCOCCOCCOc1cc(-c2cc(C)ccc2C)cc(N(C)C)c1. The molecule has 0 heterocycles. The van der Waals surface area contributed by atoms with Gasteiger partial charge in [-0.1, -0.05) is 23.8 Å². The van der Waals surface area contributed by atoms with Gasteiger partial charge in [0.25, 0.3) is 0 Å². The van der Waals surface area contributed by atoms with E-state index in [4.69, 9.17) is 33.2 Å². The van der Waals surface area contributed by atoms with E-state index in [2.05, 4.69) is 55.1 Å². The molecule has 0 fully saturated rings. The first kappa shape index (κ1) is 31.0. The molecule has 37 heavy (non-hydrogen) atoms. The molecule has 208 valence electrons. The molecule has 0 saturated carbocycles. The van der Waals surface area contributed by atoms with Gasteiger partial charge in [-0.15, -0.1) is 0 Å². The van der Waals surface area contributed by atoms with Gasteiger partial charge in [0, 0.05) is 33.0 Å². The van der Waals surface area contributed by atoms with Gasteiger partial charge in [0.1, 0.15) is 12.4 Å². The van der Waals surface area contributed by atoms with Crippen molar-refractivity contribution >= 4 is 5.69 Å². The van der Waals surface area contributed by atoms with Gasteiger partial charge in [0.2, 0.25) is 0 Å². The van der Waals surface area contributed by atoms with E-state index in [1.165, 1.54) is 16.7 Å². The average molecular weight is 520 g/mol. The Balaban J connectivity index is 1.54. The maximum Gasteiger partial charge on any atom is 0.122 e. The summed E-state index contributed by atoms with van der Waals surface area (Å²) in [5.74, 6) is 0.835. The van der Waals surface area contributed by atoms with Crippen LogP contribution in [0.3, 0.4) is 0 Å². The second-order valence-electron chi connectivity index (χ2n) is 8.83. The van der Waals surface area contributed by atoms with Crippen LogP contribution in [0.15, 0.2) is 36.4 Å². The highest BCUT2D eigenvalue weighted by Crippen LogP contribution is 2.32. The van der Waals surface area contributed by atoms with Crippen LogP contribution < -0.4 is 9.64 Å². The molecule has 8 nitrogen and oxygen atoms in total. The van der Waals surface area contributed by atoms with Crippen LogP contribution in [0.1, 0.15) is 11.1 Å². The summed E-state index contributed by atoms with van der Waals surface area (Å²) in [5.41, 5.74) is 5.96. The molecule has 2 aromatic rings. The van der Waals surface area contributed by atoms with Crippen molar-refractivity contribution in [2.45, 2.75) is 13.8 Å². The molecule has 0 aliphatic carbocycles. The van der Waals surface area contributed by atoms with Gasteiger partial charge in [0.05, 0.1) is 72.7 Å². The fourth-order valence-corrected chi connectivity index (χ4v) is 3.47. The van der Waals surface area contributed by atoms with Gasteiger partial charge in [-0.25, -0.2) is 0 Å². The van der Waals surface area contributed by atoms with Gasteiger partial charge in [-0.3, -0.25) is 0 Å². The summed E-state index contributed by atoms with van der Waals surface area (Å²) in [6.07, 6.45) is 0. The first-order valence-electron chi connectivity index (χ1n) is 12.9. The predicted octanol–water partition coefficient (Wildman–Crippen LogP) is 4.14. The largest absolute Gasteiger partial charge is 0.491 e. The van der Waals surface area contributed by atoms with Gasteiger partial charge in [-0.2, -0.15) is 0 Å². The lowest BCUT2D eigenvalue weighted by Gasteiger charge is -2.18. The molecule has 0 aliphatic heterocycles. The van der Waals surface area contributed by atoms with E-state index >= 15 is 0 Å². The minimum absolute atomic E-state index is 0.476. The van der Waals surface area contributed by atoms with Crippen LogP contribution in [0, 0.1) is 13.8 Å². The second-order valence-corrected chi connectivity index (χ2v) is 8.83. The summed E-state index contributed by atoms with van der Waals surface area (Å²) in [4.78, 5) is 2.09. The first-order chi connectivity index (χ1) is 18.0. The van der Waals surface area contributed by atoms with Crippen LogP contribution in [0.5, 0.6) is 5.75 Å². The summed E-state index contributed by atoms with van der Waals surface area (Å²) in [6, 6.07) is 12.9. The Hall–Kier alpha value is -2.20. The quantitative estimate of drug-likeness (QED) is 0.228. The molecule has 0 saturated heterocycles. The molecular formula is C29H45NO7. The molecule has 0 aliphatic rings. The van der Waals surface area contributed by atoms with Crippen LogP contribution in [0.2, 0.25) is 0 Å². The zero-order chi connectivity index (χ0) is 26.7. The maximum atomic E-state index is 6.02. The van der Waals surface area contributed by atoms with E-state index in [0.29, 0.717) is 79.3 Å². The highest BCUT2D eigenvalue weighted by Gasteiger charge is 2.09. The number of ether oxygens (including phenoxy) is 7. The molecule has 2 rings (SSSR count). The molecule has 0 spiro atoms. The Kier molecular flexibility index (Phi) is 15.9. The highest BCUT2D eigenvalue weighted by molar-refractivity contribution is 5.73. The highest BCUT2D eigenvalue weighted by atomic mass is 16.6. The minimum Gasteiger partial charge on any atom is -0.491 e. The van der Waals surface area contributed by atoms with Crippen LogP contribution in [0.4, 0.5) is 5.69 Å². The van der Waals surface area contributed by atoms with Gasteiger partial charge >= 0.3 is 0 Å². The van der Waals surface area contributed by atoms with Crippen LogP contribution in [-0.2, 0) is 28.4 Å². The Morgan fingerprint density at radius 1 is 0.595 bits per heavy atom. The topological polar surface area (TPSA) is 67.9 Å². The molecule has 2 aromatic carbocycles. The van der Waals surface area contributed by atoms with E-state index in [9.17, 15) is 0 Å². The fourth-order valence-electron chi connectivity index (χ4n) is 3.47. The number of nitrogens with zero attached hydrogens (tertiary/aromatic N) is 1. The summed E-state index contributed by atoms with van der Waals surface area (Å²) in [6.45, 7) is 10.7. The molecule has 0 amide bonds. The molecule has 0 radical (unpaired) electrons. The normalized spacial score (nSPS) is 11.2. The third-order valence-electron chi connectivity index (χ3n) is 5.53. The molecule has 0 atom stereocenters. The third kappa shape index (κ3) is 13.2. The van der Waals surface area contributed by atoms with Crippen molar-refractivity contribution in [1.82, 2.24) is 0 Å². The predicted molar refractivity (Wildman–Crippen MR) is 147 cm³/mol. The average Bonchev–Trinajstić information content (AvgIpc) is 2.89. The lowest BCUT2D eigenvalue weighted by molar-refractivity contribution is -0.0159. The van der Waals surface area contributed by atoms with E-state index in [0.717, 1.165) is 17.0 Å². The lowest BCUT2D eigenvalue weighted by Crippen LogP contribution is -2.15. The van der Waals surface area contributed by atoms with Gasteiger partial charge in [-0.05, 0) is 42.7 Å². The lowest BCUT2D eigenvalue weighted by atomic mass is 9.97. The summed E-state index contributed by atoms with van der Waals surface area (Å²) in [5, 5.41) is 0. The molecule has 0 bridgehead atoms. The molecule has 8 heteroatoms. The maximum absolute atomic E-state index is 6.02. The first-order valence-corrected chi connectivity index (χ1v) is 12.9. The van der Waals surface area contributed by atoms with Gasteiger partial charge < -0.3 is 38.1 Å². The smallest absolute Gasteiger partial charge is 0.122 e. The van der Waals surface area contributed by atoms with Crippen molar-refractivity contribution in [2.75, 3.05) is 105 Å². The number of aryl methyl sites for hydroxylation is 2. The third-order valence-corrected chi connectivity index (χ3v) is 5.53. The van der Waals surface area contributed by atoms with Crippen molar-refractivity contribution < 1.29 is 33.2 Å². The number of benzene rings is 2. The van der Waals surface area contributed by atoms with E-state index in [-0.39, 0.29) is 0 Å². The fraction of sp³-hybridized carbons (Fsp3) is 0.586. The number of hydrogen-bond acceptors (Lipinski definition) is 8. The Bertz CT molecular complexity index is 875.